The molecule has 1 rings (SSSR count). The van der Waals surface area contributed by atoms with Crippen molar-refractivity contribution in [3.63, 3.8) is 0 Å². The van der Waals surface area contributed by atoms with Crippen LogP contribution in [-0.4, -0.2) is 55.1 Å². The zero-order valence-electron chi connectivity index (χ0n) is 8.70. The van der Waals surface area contributed by atoms with E-state index < -0.39 is 11.9 Å². The lowest BCUT2D eigenvalue weighted by Gasteiger charge is -2.15. The van der Waals surface area contributed by atoms with Gasteiger partial charge in [0.25, 0.3) is 0 Å². The molecule has 8 heteroatoms. The molecular weight excluding hydrogens is 216 g/mol. The second kappa shape index (κ2) is 5.21. The van der Waals surface area contributed by atoms with E-state index in [1.165, 1.54) is 9.58 Å². The van der Waals surface area contributed by atoms with Crippen LogP contribution in [-0.2, 0) is 23.2 Å². The molecule has 0 saturated heterocycles. The number of aromatic nitrogens is 3. The third-order valence-corrected chi connectivity index (χ3v) is 1.75. The number of aryl methyl sites for hydroxylation is 1. The summed E-state index contributed by atoms with van der Waals surface area (Å²) < 4.78 is 1.47. The Morgan fingerprint density at radius 3 is 2.31 bits per heavy atom. The van der Waals surface area contributed by atoms with Crippen molar-refractivity contribution in [2.24, 2.45) is 7.05 Å². The van der Waals surface area contributed by atoms with Crippen molar-refractivity contribution in [2.45, 2.75) is 6.54 Å². The molecule has 2 N–H and O–H groups in total. The molecule has 0 atom stereocenters. The number of nitrogens with zero attached hydrogens (tertiary/aromatic N) is 4. The maximum atomic E-state index is 10.5. The van der Waals surface area contributed by atoms with Gasteiger partial charge in [-0.2, -0.15) is 0 Å². The second-order valence-corrected chi connectivity index (χ2v) is 3.32. The molecule has 1 aromatic rings. The number of carboxylic acid groups (broad SMARTS) is 2. The van der Waals surface area contributed by atoms with Crippen LogP contribution in [0, 0.1) is 0 Å². The normalized spacial score (nSPS) is 10.6. The third kappa shape index (κ3) is 4.05. The summed E-state index contributed by atoms with van der Waals surface area (Å²) in [6.07, 6.45) is 1.61. The minimum atomic E-state index is -1.08. The van der Waals surface area contributed by atoms with Gasteiger partial charge in [-0.3, -0.25) is 19.2 Å². The molecule has 0 aromatic carbocycles. The van der Waals surface area contributed by atoms with E-state index in [4.69, 9.17) is 10.2 Å². The fourth-order valence-electron chi connectivity index (χ4n) is 1.25. The van der Waals surface area contributed by atoms with Crippen LogP contribution in [0.25, 0.3) is 0 Å². The highest BCUT2D eigenvalue weighted by atomic mass is 16.4. The first-order chi connectivity index (χ1) is 7.47. The van der Waals surface area contributed by atoms with E-state index in [0.717, 1.165) is 0 Å². The maximum absolute atomic E-state index is 10.5. The molecule has 0 saturated carbocycles. The van der Waals surface area contributed by atoms with E-state index in [1.807, 2.05) is 0 Å². The van der Waals surface area contributed by atoms with Crippen molar-refractivity contribution in [3.8, 4) is 0 Å². The molecule has 0 aliphatic heterocycles. The van der Waals surface area contributed by atoms with Crippen molar-refractivity contribution < 1.29 is 19.8 Å². The van der Waals surface area contributed by atoms with E-state index >= 15 is 0 Å². The standard InChI is InChI=1S/C8H12N4O4/c1-11-2-6(9-10-11)3-12(4-7(13)14)5-8(15)16/h2H,3-5H2,1H3,(H,13,14)(H,15,16). The number of carbonyl (C=O) groups is 2. The summed E-state index contributed by atoms with van der Waals surface area (Å²) >= 11 is 0. The molecule has 0 aliphatic rings. The summed E-state index contributed by atoms with van der Waals surface area (Å²) in [6.45, 7) is -0.543. The number of aliphatic carboxylic acids is 2. The van der Waals surface area contributed by atoms with Gasteiger partial charge in [-0.15, -0.1) is 5.10 Å². The Labute approximate surface area is 91.1 Å². The van der Waals surface area contributed by atoms with Gasteiger partial charge >= 0.3 is 11.9 Å². The summed E-state index contributed by atoms with van der Waals surface area (Å²) in [5.74, 6) is -2.16. The molecule has 0 unspecified atom stereocenters. The molecular formula is C8H12N4O4. The van der Waals surface area contributed by atoms with Gasteiger partial charge in [0.2, 0.25) is 0 Å². The van der Waals surface area contributed by atoms with Gasteiger partial charge in [0, 0.05) is 19.8 Å². The molecule has 0 spiro atoms. The van der Waals surface area contributed by atoms with Crippen LogP contribution in [0.2, 0.25) is 0 Å². The second-order valence-electron chi connectivity index (χ2n) is 3.32. The Balaban J connectivity index is 2.62. The van der Waals surface area contributed by atoms with E-state index in [9.17, 15) is 9.59 Å². The van der Waals surface area contributed by atoms with Crippen LogP contribution in [0.3, 0.4) is 0 Å². The Morgan fingerprint density at radius 2 is 1.94 bits per heavy atom. The summed E-state index contributed by atoms with van der Waals surface area (Å²) in [4.78, 5) is 22.3. The van der Waals surface area contributed by atoms with Gasteiger partial charge in [0.1, 0.15) is 0 Å². The molecule has 8 nitrogen and oxygen atoms in total. The van der Waals surface area contributed by atoms with E-state index in [2.05, 4.69) is 10.3 Å². The van der Waals surface area contributed by atoms with Crippen molar-refractivity contribution in [2.75, 3.05) is 13.1 Å². The average molecular weight is 228 g/mol. The smallest absolute Gasteiger partial charge is 0.317 e. The number of hydrogen-bond acceptors (Lipinski definition) is 5. The van der Waals surface area contributed by atoms with Crippen molar-refractivity contribution in [3.05, 3.63) is 11.9 Å². The lowest BCUT2D eigenvalue weighted by molar-refractivity contribution is -0.142. The molecule has 16 heavy (non-hydrogen) atoms. The summed E-state index contributed by atoms with van der Waals surface area (Å²) in [5.41, 5.74) is 0.532. The summed E-state index contributed by atoms with van der Waals surface area (Å²) in [5, 5.41) is 24.6. The predicted molar refractivity (Wildman–Crippen MR) is 51.6 cm³/mol. The molecule has 0 amide bonds. The van der Waals surface area contributed by atoms with Gasteiger partial charge in [-0.1, -0.05) is 5.21 Å². The van der Waals surface area contributed by atoms with Crippen LogP contribution >= 0.6 is 0 Å². The highest BCUT2D eigenvalue weighted by Crippen LogP contribution is 1.99. The topological polar surface area (TPSA) is 109 Å². The minimum Gasteiger partial charge on any atom is -0.480 e. The monoisotopic (exact) mass is 228 g/mol. The molecule has 0 radical (unpaired) electrons. The first-order valence-electron chi connectivity index (χ1n) is 4.48. The van der Waals surface area contributed by atoms with Crippen LogP contribution in [0.15, 0.2) is 6.20 Å². The predicted octanol–water partition coefficient (Wildman–Crippen LogP) is -1.21. The van der Waals surface area contributed by atoms with E-state index in [0.29, 0.717) is 5.69 Å². The molecule has 0 bridgehead atoms. The van der Waals surface area contributed by atoms with Gasteiger partial charge in [-0.05, 0) is 0 Å². The van der Waals surface area contributed by atoms with Crippen molar-refractivity contribution in [1.82, 2.24) is 19.9 Å². The SMILES string of the molecule is Cn1cc(CN(CC(=O)O)CC(=O)O)nn1. The maximum Gasteiger partial charge on any atom is 0.317 e. The fraction of sp³-hybridized carbons (Fsp3) is 0.500. The Hall–Kier alpha value is -1.96. The first-order valence-corrected chi connectivity index (χ1v) is 4.48. The van der Waals surface area contributed by atoms with Crippen molar-refractivity contribution in [1.29, 1.82) is 0 Å². The Bertz CT molecular complexity index is 373. The van der Waals surface area contributed by atoms with Gasteiger partial charge in [-0.25, -0.2) is 0 Å². The van der Waals surface area contributed by atoms with Crippen LogP contribution in [0.1, 0.15) is 5.69 Å². The zero-order chi connectivity index (χ0) is 12.1. The zero-order valence-corrected chi connectivity index (χ0v) is 8.70. The summed E-state index contributed by atoms with van der Waals surface area (Å²) in [6, 6.07) is 0. The fourth-order valence-corrected chi connectivity index (χ4v) is 1.25. The van der Waals surface area contributed by atoms with Gasteiger partial charge in [0.05, 0.1) is 18.8 Å². The number of carboxylic acids is 2. The third-order valence-electron chi connectivity index (χ3n) is 1.75. The highest BCUT2D eigenvalue weighted by molar-refractivity contribution is 5.72. The number of hydrogen-bond donors (Lipinski definition) is 2. The highest BCUT2D eigenvalue weighted by Gasteiger charge is 2.15. The molecule has 1 aromatic heterocycles. The van der Waals surface area contributed by atoms with Crippen molar-refractivity contribution >= 4 is 11.9 Å². The van der Waals surface area contributed by atoms with Crippen LogP contribution in [0.5, 0.6) is 0 Å². The van der Waals surface area contributed by atoms with Crippen LogP contribution < -0.4 is 0 Å². The lowest BCUT2D eigenvalue weighted by Crippen LogP contribution is -2.34. The van der Waals surface area contributed by atoms with E-state index in [1.54, 1.807) is 13.2 Å². The Kier molecular flexibility index (Phi) is 3.95. The summed E-state index contributed by atoms with van der Waals surface area (Å²) in [7, 11) is 1.68. The lowest BCUT2D eigenvalue weighted by atomic mass is 10.4. The number of rotatable bonds is 6. The van der Waals surface area contributed by atoms with Gasteiger partial charge in [0.15, 0.2) is 0 Å². The molecule has 0 aliphatic carbocycles. The minimum absolute atomic E-state index is 0.145. The first kappa shape index (κ1) is 12.1. The van der Waals surface area contributed by atoms with Crippen LogP contribution in [0.4, 0.5) is 0 Å². The van der Waals surface area contributed by atoms with Gasteiger partial charge < -0.3 is 10.2 Å². The average Bonchev–Trinajstić information content (AvgIpc) is 2.48. The largest absolute Gasteiger partial charge is 0.480 e. The molecule has 88 valence electrons. The Morgan fingerprint density at radius 1 is 1.38 bits per heavy atom. The molecule has 1 heterocycles. The molecule has 0 fully saturated rings. The van der Waals surface area contributed by atoms with E-state index in [-0.39, 0.29) is 19.6 Å². The quantitative estimate of drug-likeness (QED) is 0.628.